The molecule has 0 aliphatic heterocycles. The zero-order valence-corrected chi connectivity index (χ0v) is 29.0. The number of fused-ring (bicyclic) bond motifs is 8. The average Bonchev–Trinajstić information content (AvgIpc) is 3.53. The number of benzene rings is 8. The van der Waals surface area contributed by atoms with Gasteiger partial charge in [0, 0.05) is 10.8 Å². The minimum absolute atomic E-state index is 0.0278. The molecule has 0 bridgehead atoms. The van der Waals surface area contributed by atoms with Crippen LogP contribution in [0.4, 0.5) is 0 Å². The lowest BCUT2D eigenvalue weighted by Gasteiger charge is -2.23. The van der Waals surface area contributed by atoms with Crippen LogP contribution in [0.5, 0.6) is 0 Å². The molecule has 2 aliphatic rings. The predicted molar refractivity (Wildman–Crippen MR) is 213 cm³/mol. The number of hydrogen-bond acceptors (Lipinski definition) is 0. The fourth-order valence-electron chi connectivity index (χ4n) is 9.35. The van der Waals surface area contributed by atoms with Crippen LogP contribution in [0.1, 0.15) is 49.9 Å². The molecule has 0 spiro atoms. The molecular weight excluding hydrogens is 601 g/mol. The minimum Gasteiger partial charge on any atom is -0.0622 e. The summed E-state index contributed by atoms with van der Waals surface area (Å²) in [6, 6.07) is 59.3. The molecule has 0 unspecified atom stereocenters. The van der Waals surface area contributed by atoms with Gasteiger partial charge < -0.3 is 0 Å². The fourth-order valence-corrected chi connectivity index (χ4v) is 9.35. The van der Waals surface area contributed by atoms with E-state index in [2.05, 4.69) is 185 Å². The molecule has 0 N–H and O–H groups in total. The third-order valence-electron chi connectivity index (χ3n) is 11.9. The summed E-state index contributed by atoms with van der Waals surface area (Å²) < 4.78 is 0. The fraction of sp³-hybridized carbons (Fsp3) is 0.120. The van der Waals surface area contributed by atoms with Crippen LogP contribution in [-0.2, 0) is 10.8 Å². The predicted octanol–water partition coefficient (Wildman–Crippen LogP) is 13.6. The lowest BCUT2D eigenvalue weighted by Crippen LogP contribution is -2.14. The zero-order chi connectivity index (χ0) is 33.8. The molecule has 0 nitrogen and oxygen atoms in total. The van der Waals surface area contributed by atoms with Crippen molar-refractivity contribution in [1.82, 2.24) is 0 Å². The van der Waals surface area contributed by atoms with Gasteiger partial charge in [0.15, 0.2) is 0 Å². The molecule has 238 valence electrons. The van der Waals surface area contributed by atoms with Gasteiger partial charge in [-0.25, -0.2) is 0 Å². The maximum Gasteiger partial charge on any atom is 0.0159 e. The monoisotopic (exact) mass is 638 g/mol. The topological polar surface area (TPSA) is 0 Å². The molecule has 0 atom stereocenters. The lowest BCUT2D eigenvalue weighted by atomic mass is 9.80. The van der Waals surface area contributed by atoms with E-state index in [4.69, 9.17) is 0 Å². The van der Waals surface area contributed by atoms with E-state index in [1.165, 1.54) is 99.4 Å². The Morgan fingerprint density at radius 2 is 0.760 bits per heavy atom. The van der Waals surface area contributed by atoms with Crippen LogP contribution in [0.25, 0.3) is 77.2 Å². The van der Waals surface area contributed by atoms with Gasteiger partial charge in [-0.2, -0.15) is 0 Å². The van der Waals surface area contributed by atoms with E-state index in [0.717, 1.165) is 0 Å². The summed E-state index contributed by atoms with van der Waals surface area (Å²) in [4.78, 5) is 0. The highest BCUT2D eigenvalue weighted by Crippen LogP contribution is 2.53. The van der Waals surface area contributed by atoms with Crippen LogP contribution in [0, 0.1) is 0 Å². The Balaban J connectivity index is 1.28. The van der Waals surface area contributed by atoms with Crippen LogP contribution in [0.15, 0.2) is 158 Å². The van der Waals surface area contributed by atoms with Crippen LogP contribution in [0.2, 0.25) is 0 Å². The van der Waals surface area contributed by atoms with Gasteiger partial charge in [0.2, 0.25) is 0 Å². The first kappa shape index (κ1) is 29.2. The van der Waals surface area contributed by atoms with Gasteiger partial charge in [-0.3, -0.25) is 0 Å². The SMILES string of the molecule is CC1(C)c2ccccc2-c2cc(-c3c4ccccc4c(-c4ccc5c(c4)C(C)(C)c4ccccc4-5)c4ccc(-c5ccccc5)cc34)ccc21. The number of rotatable bonds is 3. The van der Waals surface area contributed by atoms with Gasteiger partial charge >= 0.3 is 0 Å². The van der Waals surface area contributed by atoms with E-state index >= 15 is 0 Å². The molecule has 10 rings (SSSR count). The van der Waals surface area contributed by atoms with Crippen molar-refractivity contribution >= 4 is 21.5 Å². The molecule has 0 aromatic heterocycles. The van der Waals surface area contributed by atoms with Gasteiger partial charge in [-0.05, 0) is 118 Å². The standard InChI is InChI=1S/C50H38/c1-49(2)44-21-13-11-17-36(44)41-29-33(24-27-45(41)49)48-39-19-9-8-18-38(39)47(40-26-22-32(28-42(40)48)31-14-6-5-7-15-31)34-23-25-37-35-16-10-12-20-43(35)50(3,4)46(37)30-34/h5-30H,1-4H3. The smallest absolute Gasteiger partial charge is 0.0159 e. The quantitative estimate of drug-likeness (QED) is 0.169. The first-order valence-corrected chi connectivity index (χ1v) is 17.9. The molecule has 0 heterocycles. The summed E-state index contributed by atoms with van der Waals surface area (Å²) in [6.07, 6.45) is 0. The Kier molecular flexibility index (Phi) is 6.07. The van der Waals surface area contributed by atoms with Crippen molar-refractivity contribution < 1.29 is 0 Å². The van der Waals surface area contributed by atoms with E-state index < -0.39 is 0 Å². The Hall–Kier alpha value is -5.72. The van der Waals surface area contributed by atoms with E-state index in [1.54, 1.807) is 0 Å². The Bertz CT molecular complexity index is 2690. The molecule has 0 saturated carbocycles. The van der Waals surface area contributed by atoms with Crippen LogP contribution in [0.3, 0.4) is 0 Å². The average molecular weight is 639 g/mol. The molecule has 0 heteroatoms. The summed E-state index contributed by atoms with van der Waals surface area (Å²) in [5.41, 5.74) is 18.6. The molecule has 0 amide bonds. The summed E-state index contributed by atoms with van der Waals surface area (Å²) in [7, 11) is 0. The zero-order valence-electron chi connectivity index (χ0n) is 29.0. The van der Waals surface area contributed by atoms with Gasteiger partial charge in [0.1, 0.15) is 0 Å². The van der Waals surface area contributed by atoms with Gasteiger partial charge in [0.25, 0.3) is 0 Å². The van der Waals surface area contributed by atoms with E-state index in [-0.39, 0.29) is 10.8 Å². The molecule has 0 fully saturated rings. The van der Waals surface area contributed by atoms with Crippen LogP contribution >= 0.6 is 0 Å². The summed E-state index contributed by atoms with van der Waals surface area (Å²) in [5.74, 6) is 0. The second-order valence-corrected chi connectivity index (χ2v) is 15.3. The third-order valence-corrected chi connectivity index (χ3v) is 11.9. The first-order valence-electron chi connectivity index (χ1n) is 17.9. The lowest BCUT2D eigenvalue weighted by molar-refractivity contribution is 0.660. The first-order chi connectivity index (χ1) is 24.3. The van der Waals surface area contributed by atoms with E-state index in [9.17, 15) is 0 Å². The largest absolute Gasteiger partial charge is 0.0622 e. The maximum atomic E-state index is 2.48. The summed E-state index contributed by atoms with van der Waals surface area (Å²) in [6.45, 7) is 9.47. The van der Waals surface area contributed by atoms with Crippen molar-refractivity contribution in [2.75, 3.05) is 0 Å². The van der Waals surface area contributed by atoms with Gasteiger partial charge in [-0.1, -0.05) is 167 Å². The molecule has 8 aromatic carbocycles. The van der Waals surface area contributed by atoms with Crippen molar-refractivity contribution in [3.05, 3.63) is 180 Å². The normalized spacial score (nSPS) is 14.7. The van der Waals surface area contributed by atoms with Crippen molar-refractivity contribution in [1.29, 1.82) is 0 Å². The van der Waals surface area contributed by atoms with Gasteiger partial charge in [-0.15, -0.1) is 0 Å². The van der Waals surface area contributed by atoms with Gasteiger partial charge in [0.05, 0.1) is 0 Å². The molecule has 0 radical (unpaired) electrons. The highest BCUT2D eigenvalue weighted by atomic mass is 14.4. The Morgan fingerprint density at radius 1 is 0.280 bits per heavy atom. The second-order valence-electron chi connectivity index (χ2n) is 15.3. The van der Waals surface area contributed by atoms with Crippen molar-refractivity contribution in [2.24, 2.45) is 0 Å². The molecular formula is C50H38. The summed E-state index contributed by atoms with van der Waals surface area (Å²) in [5, 5.41) is 5.15. The van der Waals surface area contributed by atoms with Crippen molar-refractivity contribution in [2.45, 2.75) is 38.5 Å². The Morgan fingerprint density at radius 3 is 1.48 bits per heavy atom. The van der Waals surface area contributed by atoms with E-state index in [1.807, 2.05) is 0 Å². The second kappa shape index (κ2) is 10.4. The van der Waals surface area contributed by atoms with Crippen LogP contribution < -0.4 is 0 Å². The molecule has 0 saturated heterocycles. The highest BCUT2D eigenvalue weighted by molar-refractivity contribution is 6.22. The minimum atomic E-state index is -0.0670. The molecule has 50 heavy (non-hydrogen) atoms. The third kappa shape index (κ3) is 4.00. The Labute approximate surface area is 294 Å². The van der Waals surface area contributed by atoms with Crippen molar-refractivity contribution in [3.63, 3.8) is 0 Å². The molecule has 2 aliphatic carbocycles. The summed E-state index contributed by atoms with van der Waals surface area (Å²) >= 11 is 0. The highest BCUT2D eigenvalue weighted by Gasteiger charge is 2.37. The van der Waals surface area contributed by atoms with Crippen molar-refractivity contribution in [3.8, 4) is 55.6 Å². The van der Waals surface area contributed by atoms with E-state index in [0.29, 0.717) is 0 Å². The van der Waals surface area contributed by atoms with Crippen LogP contribution in [-0.4, -0.2) is 0 Å². The maximum absolute atomic E-state index is 2.48. The number of hydrogen-bond donors (Lipinski definition) is 0. The molecule has 8 aromatic rings.